The summed E-state index contributed by atoms with van der Waals surface area (Å²) in [5.74, 6) is 3.55. The molecule has 0 aliphatic carbocycles. The Labute approximate surface area is 85.1 Å². The summed E-state index contributed by atoms with van der Waals surface area (Å²) in [5.41, 5.74) is 0. The molecule has 0 saturated carbocycles. The van der Waals surface area contributed by atoms with Gasteiger partial charge in [0.15, 0.2) is 0 Å². The van der Waals surface area contributed by atoms with E-state index in [4.69, 9.17) is 0 Å². The minimum absolute atomic E-state index is 0.834. The molecule has 0 aliphatic rings. The molecule has 0 nitrogen and oxygen atoms in total. The Morgan fingerprint density at radius 2 is 1.38 bits per heavy atom. The van der Waals surface area contributed by atoms with Gasteiger partial charge in [0.05, 0.1) is 0 Å². The number of hydrogen-bond acceptors (Lipinski definition) is 0. The van der Waals surface area contributed by atoms with Crippen molar-refractivity contribution in [2.45, 2.75) is 60.8 Å². The van der Waals surface area contributed by atoms with Crippen LogP contribution in [0.4, 0.5) is 0 Å². The standard InChI is InChI=1S/C13H28/c1-7-9-13(8-2)12(6)11(5)10(3)4/h10-13H,7-9H2,1-6H3. The summed E-state index contributed by atoms with van der Waals surface area (Å²) in [6.45, 7) is 14.2. The zero-order valence-corrected chi connectivity index (χ0v) is 10.4. The van der Waals surface area contributed by atoms with Crippen LogP contribution >= 0.6 is 0 Å². The second-order valence-electron chi connectivity index (χ2n) is 4.92. The van der Waals surface area contributed by atoms with E-state index in [2.05, 4.69) is 41.5 Å². The van der Waals surface area contributed by atoms with E-state index in [9.17, 15) is 0 Å². The van der Waals surface area contributed by atoms with Gasteiger partial charge in [0.1, 0.15) is 0 Å². The van der Waals surface area contributed by atoms with Gasteiger partial charge in [-0.05, 0) is 23.7 Å². The van der Waals surface area contributed by atoms with Crippen molar-refractivity contribution in [3.05, 3.63) is 0 Å². The maximum absolute atomic E-state index is 2.44. The van der Waals surface area contributed by atoms with Gasteiger partial charge in [-0.2, -0.15) is 0 Å². The van der Waals surface area contributed by atoms with Crippen LogP contribution in [-0.2, 0) is 0 Å². The summed E-state index contributed by atoms with van der Waals surface area (Å²) >= 11 is 0. The van der Waals surface area contributed by atoms with Crippen LogP contribution in [0.1, 0.15) is 60.8 Å². The van der Waals surface area contributed by atoms with E-state index in [1.807, 2.05) is 0 Å². The molecule has 0 rings (SSSR count). The van der Waals surface area contributed by atoms with E-state index in [1.165, 1.54) is 19.3 Å². The van der Waals surface area contributed by atoms with Crippen molar-refractivity contribution in [1.82, 2.24) is 0 Å². The van der Waals surface area contributed by atoms with Gasteiger partial charge in [0.2, 0.25) is 0 Å². The van der Waals surface area contributed by atoms with E-state index in [0.717, 1.165) is 23.7 Å². The summed E-state index contributed by atoms with van der Waals surface area (Å²) in [6.07, 6.45) is 4.11. The topological polar surface area (TPSA) is 0 Å². The molecule has 0 fully saturated rings. The number of hydrogen-bond donors (Lipinski definition) is 0. The molecule has 0 amide bonds. The second kappa shape index (κ2) is 6.45. The summed E-state index contributed by atoms with van der Waals surface area (Å²) in [4.78, 5) is 0. The Hall–Kier alpha value is 0. The molecule has 80 valence electrons. The lowest BCUT2D eigenvalue weighted by atomic mass is 9.75. The Kier molecular flexibility index (Phi) is 6.45. The molecule has 0 spiro atoms. The van der Waals surface area contributed by atoms with Gasteiger partial charge in [0, 0.05) is 0 Å². The van der Waals surface area contributed by atoms with Gasteiger partial charge < -0.3 is 0 Å². The van der Waals surface area contributed by atoms with Crippen LogP contribution in [-0.4, -0.2) is 0 Å². The normalized spacial score (nSPS) is 18.7. The van der Waals surface area contributed by atoms with E-state index in [0.29, 0.717) is 0 Å². The minimum atomic E-state index is 0.834. The average Bonchev–Trinajstić information content (AvgIpc) is 2.11. The van der Waals surface area contributed by atoms with Crippen LogP contribution < -0.4 is 0 Å². The Balaban J connectivity index is 4.10. The van der Waals surface area contributed by atoms with Crippen LogP contribution in [0.5, 0.6) is 0 Å². The first-order valence-electron chi connectivity index (χ1n) is 6.04. The predicted octanol–water partition coefficient (Wildman–Crippen LogP) is 4.74. The van der Waals surface area contributed by atoms with Crippen molar-refractivity contribution in [3.63, 3.8) is 0 Å². The average molecular weight is 184 g/mol. The molecule has 13 heavy (non-hydrogen) atoms. The predicted molar refractivity (Wildman–Crippen MR) is 61.9 cm³/mol. The molecule has 0 N–H and O–H groups in total. The summed E-state index contributed by atoms with van der Waals surface area (Å²) in [7, 11) is 0. The lowest BCUT2D eigenvalue weighted by molar-refractivity contribution is 0.196. The maximum atomic E-state index is 2.44. The lowest BCUT2D eigenvalue weighted by Crippen LogP contribution is -2.22. The largest absolute Gasteiger partial charge is 0.0654 e. The molecule has 0 heterocycles. The molecule has 0 aliphatic heterocycles. The summed E-state index contributed by atoms with van der Waals surface area (Å²) < 4.78 is 0. The van der Waals surface area contributed by atoms with E-state index in [-0.39, 0.29) is 0 Å². The Bertz CT molecular complexity index is 115. The van der Waals surface area contributed by atoms with E-state index >= 15 is 0 Å². The molecule has 0 aromatic rings. The molecule has 0 heteroatoms. The number of rotatable bonds is 6. The third-order valence-electron chi connectivity index (χ3n) is 3.81. The first-order valence-corrected chi connectivity index (χ1v) is 6.04. The first-order chi connectivity index (χ1) is 6.04. The molecule has 3 unspecified atom stereocenters. The van der Waals surface area contributed by atoms with Crippen LogP contribution in [0.3, 0.4) is 0 Å². The molecule has 0 radical (unpaired) electrons. The highest BCUT2D eigenvalue weighted by atomic mass is 14.3. The van der Waals surface area contributed by atoms with Crippen molar-refractivity contribution in [1.29, 1.82) is 0 Å². The quantitative estimate of drug-likeness (QED) is 0.559. The van der Waals surface area contributed by atoms with Crippen molar-refractivity contribution in [3.8, 4) is 0 Å². The van der Waals surface area contributed by atoms with Crippen LogP contribution in [0.25, 0.3) is 0 Å². The molecule has 0 saturated heterocycles. The van der Waals surface area contributed by atoms with Gasteiger partial charge >= 0.3 is 0 Å². The molecule has 0 bridgehead atoms. The lowest BCUT2D eigenvalue weighted by Gasteiger charge is -2.30. The fourth-order valence-electron chi connectivity index (χ4n) is 2.25. The zero-order chi connectivity index (χ0) is 10.4. The molecular weight excluding hydrogens is 156 g/mol. The molecule has 0 aromatic carbocycles. The van der Waals surface area contributed by atoms with E-state index in [1.54, 1.807) is 0 Å². The SMILES string of the molecule is CCCC(CC)C(C)C(C)C(C)C. The molecule has 0 aromatic heterocycles. The van der Waals surface area contributed by atoms with Gasteiger partial charge in [-0.3, -0.25) is 0 Å². The van der Waals surface area contributed by atoms with Crippen LogP contribution in [0.2, 0.25) is 0 Å². The first kappa shape index (κ1) is 13.0. The third-order valence-corrected chi connectivity index (χ3v) is 3.81. The smallest absolute Gasteiger partial charge is 0.0386 e. The van der Waals surface area contributed by atoms with Crippen molar-refractivity contribution < 1.29 is 0 Å². The van der Waals surface area contributed by atoms with E-state index < -0.39 is 0 Å². The van der Waals surface area contributed by atoms with Gasteiger partial charge in [-0.25, -0.2) is 0 Å². The highest BCUT2D eigenvalue weighted by Gasteiger charge is 2.22. The summed E-state index contributed by atoms with van der Waals surface area (Å²) in [5, 5.41) is 0. The van der Waals surface area contributed by atoms with Gasteiger partial charge in [0.25, 0.3) is 0 Å². The third kappa shape index (κ3) is 4.15. The summed E-state index contributed by atoms with van der Waals surface area (Å²) in [6, 6.07) is 0. The highest BCUT2D eigenvalue weighted by Crippen LogP contribution is 2.31. The van der Waals surface area contributed by atoms with Crippen LogP contribution in [0.15, 0.2) is 0 Å². The van der Waals surface area contributed by atoms with Gasteiger partial charge in [-0.1, -0.05) is 60.8 Å². The zero-order valence-electron chi connectivity index (χ0n) is 10.4. The highest BCUT2D eigenvalue weighted by molar-refractivity contribution is 4.72. The van der Waals surface area contributed by atoms with Crippen molar-refractivity contribution in [2.75, 3.05) is 0 Å². The Morgan fingerprint density at radius 1 is 0.846 bits per heavy atom. The van der Waals surface area contributed by atoms with Gasteiger partial charge in [-0.15, -0.1) is 0 Å². The fraction of sp³-hybridized carbons (Fsp3) is 1.00. The van der Waals surface area contributed by atoms with Crippen LogP contribution in [0, 0.1) is 23.7 Å². The van der Waals surface area contributed by atoms with Crippen molar-refractivity contribution >= 4 is 0 Å². The maximum Gasteiger partial charge on any atom is -0.0386 e. The second-order valence-corrected chi connectivity index (χ2v) is 4.92. The monoisotopic (exact) mass is 184 g/mol. The fourth-order valence-corrected chi connectivity index (χ4v) is 2.25. The van der Waals surface area contributed by atoms with Crippen molar-refractivity contribution in [2.24, 2.45) is 23.7 Å². The minimum Gasteiger partial charge on any atom is -0.0654 e. The Morgan fingerprint density at radius 3 is 1.69 bits per heavy atom. The molecule has 3 atom stereocenters. The molecular formula is C13H28.